The molecule has 1 aliphatic rings. The number of rotatable bonds is 2. The molecule has 0 saturated heterocycles. The summed E-state index contributed by atoms with van der Waals surface area (Å²) in [7, 11) is 0. The molecule has 15 heavy (non-hydrogen) atoms. The molecule has 1 fully saturated rings. The van der Waals surface area contributed by atoms with Crippen molar-refractivity contribution >= 4 is 16.9 Å². The first-order valence-electron chi connectivity index (χ1n) is 6.01. The van der Waals surface area contributed by atoms with Crippen molar-refractivity contribution in [3.8, 4) is 0 Å². The van der Waals surface area contributed by atoms with Gasteiger partial charge in [-0.3, -0.25) is 4.79 Å². The first kappa shape index (κ1) is 13.1. The van der Waals surface area contributed by atoms with Crippen molar-refractivity contribution in [3.05, 3.63) is 0 Å². The maximum Gasteiger partial charge on any atom is 0.194 e. The van der Waals surface area contributed by atoms with Gasteiger partial charge in [0.25, 0.3) is 0 Å². The zero-order valence-electron chi connectivity index (χ0n) is 10.6. The molecule has 2 heteroatoms. The van der Waals surface area contributed by atoms with Crippen LogP contribution in [0.1, 0.15) is 59.8 Å². The minimum Gasteiger partial charge on any atom is -0.287 e. The summed E-state index contributed by atoms with van der Waals surface area (Å²) in [6.45, 7) is 8.73. The summed E-state index contributed by atoms with van der Waals surface area (Å²) >= 11 is 1.55. The van der Waals surface area contributed by atoms with Crippen LogP contribution < -0.4 is 0 Å². The SMILES string of the molecule is CC(C)(C)CSC(=O)C1(C)CCCCC1. The van der Waals surface area contributed by atoms with Crippen molar-refractivity contribution < 1.29 is 4.79 Å². The molecule has 1 aliphatic carbocycles. The third-order valence-corrected chi connectivity index (χ3v) is 4.85. The average molecular weight is 228 g/mol. The van der Waals surface area contributed by atoms with Crippen LogP contribution in [0.3, 0.4) is 0 Å². The van der Waals surface area contributed by atoms with Crippen LogP contribution in [-0.2, 0) is 4.79 Å². The molecule has 1 rings (SSSR count). The third-order valence-electron chi connectivity index (χ3n) is 3.09. The second-order valence-electron chi connectivity index (χ2n) is 6.26. The van der Waals surface area contributed by atoms with Gasteiger partial charge in [0.05, 0.1) is 0 Å². The lowest BCUT2D eigenvalue weighted by molar-refractivity contribution is -0.120. The first-order valence-corrected chi connectivity index (χ1v) is 6.99. The van der Waals surface area contributed by atoms with Gasteiger partial charge < -0.3 is 0 Å². The Hall–Kier alpha value is 0.0200. The van der Waals surface area contributed by atoms with E-state index >= 15 is 0 Å². The highest BCUT2D eigenvalue weighted by molar-refractivity contribution is 8.13. The Morgan fingerprint density at radius 1 is 1.20 bits per heavy atom. The highest BCUT2D eigenvalue weighted by Gasteiger charge is 2.34. The lowest BCUT2D eigenvalue weighted by atomic mass is 9.77. The van der Waals surface area contributed by atoms with Crippen molar-refractivity contribution in [1.82, 2.24) is 0 Å². The fourth-order valence-corrected chi connectivity index (χ4v) is 3.11. The largest absolute Gasteiger partial charge is 0.287 e. The quantitative estimate of drug-likeness (QED) is 0.702. The molecule has 1 nitrogen and oxygen atoms in total. The van der Waals surface area contributed by atoms with E-state index in [0.29, 0.717) is 5.12 Å². The molecule has 0 aliphatic heterocycles. The van der Waals surface area contributed by atoms with E-state index in [-0.39, 0.29) is 10.8 Å². The van der Waals surface area contributed by atoms with E-state index in [1.54, 1.807) is 11.8 Å². The van der Waals surface area contributed by atoms with Crippen molar-refractivity contribution in [1.29, 1.82) is 0 Å². The van der Waals surface area contributed by atoms with E-state index in [4.69, 9.17) is 0 Å². The Morgan fingerprint density at radius 2 is 1.73 bits per heavy atom. The van der Waals surface area contributed by atoms with Gasteiger partial charge in [0.2, 0.25) is 0 Å². The van der Waals surface area contributed by atoms with Crippen LogP contribution in [0, 0.1) is 10.8 Å². The second-order valence-corrected chi connectivity index (χ2v) is 7.21. The predicted molar refractivity (Wildman–Crippen MR) is 68.1 cm³/mol. The van der Waals surface area contributed by atoms with Crippen LogP contribution >= 0.6 is 11.8 Å². The molecule has 0 amide bonds. The predicted octanol–water partition coefficient (Wildman–Crippen LogP) is 4.26. The van der Waals surface area contributed by atoms with Gasteiger partial charge in [-0.15, -0.1) is 0 Å². The highest BCUT2D eigenvalue weighted by Crippen LogP contribution is 2.40. The van der Waals surface area contributed by atoms with E-state index in [2.05, 4.69) is 27.7 Å². The Labute approximate surface area is 98.4 Å². The smallest absolute Gasteiger partial charge is 0.194 e. The van der Waals surface area contributed by atoms with Crippen molar-refractivity contribution in [2.45, 2.75) is 59.8 Å². The highest BCUT2D eigenvalue weighted by atomic mass is 32.2. The minimum atomic E-state index is -0.0197. The summed E-state index contributed by atoms with van der Waals surface area (Å²) in [6, 6.07) is 0. The molecule has 0 spiro atoms. The average Bonchev–Trinajstić information content (AvgIpc) is 2.14. The fourth-order valence-electron chi connectivity index (χ4n) is 1.99. The molecule has 0 heterocycles. The number of carbonyl (C=O) groups is 1. The van der Waals surface area contributed by atoms with Crippen LogP contribution in [0.4, 0.5) is 0 Å². The molecule has 0 radical (unpaired) electrons. The maximum absolute atomic E-state index is 12.1. The van der Waals surface area contributed by atoms with Gasteiger partial charge in [-0.1, -0.05) is 58.7 Å². The van der Waals surface area contributed by atoms with Crippen LogP contribution in [-0.4, -0.2) is 10.9 Å². The van der Waals surface area contributed by atoms with Gasteiger partial charge in [0.1, 0.15) is 0 Å². The van der Waals surface area contributed by atoms with Gasteiger partial charge in [-0.2, -0.15) is 0 Å². The van der Waals surface area contributed by atoms with E-state index in [1.165, 1.54) is 19.3 Å². The maximum atomic E-state index is 12.1. The topological polar surface area (TPSA) is 17.1 Å². The van der Waals surface area contributed by atoms with Gasteiger partial charge >= 0.3 is 0 Å². The molecular weight excluding hydrogens is 204 g/mol. The third kappa shape index (κ3) is 4.18. The lowest BCUT2D eigenvalue weighted by Crippen LogP contribution is -2.29. The molecular formula is C13H24OS. The molecule has 88 valence electrons. The van der Waals surface area contributed by atoms with Crippen LogP contribution in [0.25, 0.3) is 0 Å². The Balaban J connectivity index is 2.45. The van der Waals surface area contributed by atoms with Crippen LogP contribution in [0.15, 0.2) is 0 Å². The summed E-state index contributed by atoms with van der Waals surface area (Å²) in [6.07, 6.45) is 5.98. The Morgan fingerprint density at radius 3 is 2.20 bits per heavy atom. The van der Waals surface area contributed by atoms with E-state index in [0.717, 1.165) is 18.6 Å². The molecule has 0 unspecified atom stereocenters. The van der Waals surface area contributed by atoms with Crippen LogP contribution in [0.5, 0.6) is 0 Å². The van der Waals surface area contributed by atoms with Crippen molar-refractivity contribution in [2.24, 2.45) is 10.8 Å². The fraction of sp³-hybridized carbons (Fsp3) is 0.923. The summed E-state index contributed by atoms with van der Waals surface area (Å²) < 4.78 is 0. The van der Waals surface area contributed by atoms with Gasteiger partial charge in [0, 0.05) is 11.2 Å². The molecule has 0 aromatic rings. The molecule has 1 saturated carbocycles. The van der Waals surface area contributed by atoms with E-state index < -0.39 is 0 Å². The Kier molecular flexibility index (Phi) is 4.28. The summed E-state index contributed by atoms with van der Waals surface area (Å²) in [4.78, 5) is 12.1. The number of carbonyl (C=O) groups excluding carboxylic acids is 1. The molecule has 0 atom stereocenters. The van der Waals surface area contributed by atoms with Gasteiger partial charge in [-0.05, 0) is 18.3 Å². The van der Waals surface area contributed by atoms with Gasteiger partial charge in [-0.25, -0.2) is 0 Å². The molecule has 0 N–H and O–H groups in total. The summed E-state index contributed by atoms with van der Waals surface area (Å²) in [5.41, 5.74) is 0.236. The lowest BCUT2D eigenvalue weighted by Gasteiger charge is -2.32. The second kappa shape index (κ2) is 4.90. The van der Waals surface area contributed by atoms with E-state index in [1.807, 2.05) is 0 Å². The molecule has 0 aromatic heterocycles. The van der Waals surface area contributed by atoms with E-state index in [9.17, 15) is 4.79 Å². The van der Waals surface area contributed by atoms with Crippen molar-refractivity contribution in [2.75, 3.05) is 5.75 Å². The standard InChI is InChI=1S/C13H24OS/c1-12(2,3)10-15-11(14)13(4)8-6-5-7-9-13/h5-10H2,1-4H3. The minimum absolute atomic E-state index is 0.0197. The monoisotopic (exact) mass is 228 g/mol. The molecule has 0 aromatic carbocycles. The summed E-state index contributed by atoms with van der Waals surface area (Å²) in [5, 5.41) is 0.428. The first-order chi connectivity index (χ1) is 6.83. The number of hydrogen-bond acceptors (Lipinski definition) is 2. The normalized spacial score (nSPS) is 21.3. The Bertz CT molecular complexity index is 221. The van der Waals surface area contributed by atoms with Gasteiger partial charge in [0.15, 0.2) is 5.12 Å². The summed E-state index contributed by atoms with van der Waals surface area (Å²) in [5.74, 6) is 0.946. The van der Waals surface area contributed by atoms with Crippen molar-refractivity contribution in [3.63, 3.8) is 0 Å². The number of thioether (sulfide) groups is 1. The molecule has 0 bridgehead atoms. The zero-order chi connectivity index (χ0) is 11.5. The number of hydrogen-bond donors (Lipinski definition) is 0. The van der Waals surface area contributed by atoms with Crippen LogP contribution in [0.2, 0.25) is 0 Å². The zero-order valence-corrected chi connectivity index (χ0v) is 11.4.